The summed E-state index contributed by atoms with van der Waals surface area (Å²) < 4.78 is 9.65. The number of carbonyl (C=O) groups is 2. The molecule has 1 aromatic carbocycles. The zero-order valence-electron chi connectivity index (χ0n) is 16.8. The molecule has 0 bridgehead atoms. The Morgan fingerprint density at radius 2 is 2.00 bits per heavy atom. The molecular weight excluding hydrogens is 462 g/mol. The van der Waals surface area contributed by atoms with Gasteiger partial charge < -0.3 is 14.4 Å². The Morgan fingerprint density at radius 3 is 2.71 bits per heavy atom. The number of carboxylic acid groups (broad SMARTS) is 1. The molecule has 1 saturated carbocycles. The van der Waals surface area contributed by atoms with E-state index in [2.05, 4.69) is 31.7 Å². The molecule has 0 aliphatic heterocycles. The molecule has 1 aliphatic carbocycles. The number of nitrogens with zero attached hydrogens (tertiary/aromatic N) is 3. The number of carbonyl (C=O) groups excluding carboxylic acids is 1. The van der Waals surface area contributed by atoms with Gasteiger partial charge in [0.2, 0.25) is 0 Å². The molecule has 3 heterocycles. The summed E-state index contributed by atoms with van der Waals surface area (Å²) in [6.07, 6.45) is 3.87. The number of hydrogen-bond donors (Lipinski definition) is 1. The predicted octanol–water partition coefficient (Wildman–Crippen LogP) is 5.00. The first-order chi connectivity index (χ1) is 15.0. The monoisotopic (exact) mass is 481 g/mol. The van der Waals surface area contributed by atoms with Crippen LogP contribution in [0.25, 0.3) is 27.8 Å². The number of aromatic carboxylic acids is 1. The number of aromatic nitrogens is 3. The minimum atomic E-state index is -1.06. The van der Waals surface area contributed by atoms with Gasteiger partial charge in [0, 0.05) is 28.1 Å². The van der Waals surface area contributed by atoms with Crippen LogP contribution < -0.4 is 0 Å². The van der Waals surface area contributed by atoms with E-state index >= 15 is 0 Å². The summed E-state index contributed by atoms with van der Waals surface area (Å²) in [4.78, 5) is 24.4. The number of carboxylic acids is 1. The first-order valence-electron chi connectivity index (χ1n) is 10.2. The number of rotatable bonds is 6. The maximum atomic E-state index is 12.2. The van der Waals surface area contributed by atoms with E-state index in [9.17, 15) is 14.7 Å². The van der Waals surface area contributed by atoms with Gasteiger partial charge in [0.15, 0.2) is 0 Å². The Kier molecular flexibility index (Phi) is 4.81. The number of halogens is 1. The average Bonchev–Trinajstić information content (AvgIpc) is 3.37. The maximum absolute atomic E-state index is 12.2. The van der Waals surface area contributed by atoms with Gasteiger partial charge in [-0.25, -0.2) is 14.1 Å². The summed E-state index contributed by atoms with van der Waals surface area (Å²) in [5.74, 6) is -0.932. The van der Waals surface area contributed by atoms with Crippen LogP contribution in [0, 0.1) is 5.92 Å². The number of ether oxygens (including phenoxy) is 1. The first kappa shape index (κ1) is 19.8. The standard InChI is InChI=1S/C23H20BrN3O4/c1-2-31-23(30)15-6-8-17-20(22(28)29)21(25-27(17)12-15)19-9-14-5-7-16(24)10-18(14)26(19)11-13-3-4-13/h5-10,12-13H,2-4,11H2,1H3,(H,28,29). The number of benzene rings is 1. The third-order valence-electron chi connectivity index (χ3n) is 5.60. The summed E-state index contributed by atoms with van der Waals surface area (Å²) >= 11 is 3.54. The Balaban J connectivity index is 1.74. The first-order valence-corrected chi connectivity index (χ1v) is 11.0. The Morgan fingerprint density at radius 1 is 1.19 bits per heavy atom. The van der Waals surface area contributed by atoms with Crippen LogP contribution in [-0.2, 0) is 11.3 Å². The van der Waals surface area contributed by atoms with E-state index in [1.807, 2.05) is 18.2 Å². The molecule has 31 heavy (non-hydrogen) atoms. The number of hydrogen-bond acceptors (Lipinski definition) is 4. The van der Waals surface area contributed by atoms with Crippen molar-refractivity contribution in [3.8, 4) is 11.4 Å². The van der Waals surface area contributed by atoms with E-state index in [1.165, 1.54) is 23.6 Å². The fraction of sp³-hybridized carbons (Fsp3) is 0.261. The van der Waals surface area contributed by atoms with Crippen molar-refractivity contribution in [3.63, 3.8) is 0 Å². The van der Waals surface area contributed by atoms with Gasteiger partial charge in [0.05, 0.1) is 23.4 Å². The molecule has 0 saturated heterocycles. The zero-order valence-corrected chi connectivity index (χ0v) is 18.4. The lowest BCUT2D eigenvalue weighted by Gasteiger charge is -2.09. The summed E-state index contributed by atoms with van der Waals surface area (Å²) in [6.45, 7) is 2.82. The van der Waals surface area contributed by atoms with Gasteiger partial charge in [-0.1, -0.05) is 22.0 Å². The SMILES string of the molecule is CCOC(=O)c1ccc2c(C(=O)O)c(-c3cc4ccc(Br)cc4n3CC3CC3)nn2c1. The molecule has 0 amide bonds. The fourth-order valence-corrected chi connectivity index (χ4v) is 4.30. The van der Waals surface area contributed by atoms with Gasteiger partial charge in [0.1, 0.15) is 11.3 Å². The second-order valence-electron chi connectivity index (χ2n) is 7.78. The summed E-state index contributed by atoms with van der Waals surface area (Å²) in [5.41, 5.74) is 3.06. The molecule has 1 N–H and O–H groups in total. The van der Waals surface area contributed by atoms with Crippen LogP contribution in [0.1, 0.15) is 40.5 Å². The van der Waals surface area contributed by atoms with Crippen LogP contribution in [0.15, 0.2) is 47.1 Å². The number of pyridine rings is 1. The van der Waals surface area contributed by atoms with Crippen LogP contribution >= 0.6 is 15.9 Å². The molecule has 1 fully saturated rings. The van der Waals surface area contributed by atoms with Crippen LogP contribution in [0.5, 0.6) is 0 Å². The molecule has 0 radical (unpaired) electrons. The van der Waals surface area contributed by atoms with Gasteiger partial charge >= 0.3 is 11.9 Å². The Hall–Kier alpha value is -3.13. The lowest BCUT2D eigenvalue weighted by Crippen LogP contribution is -2.06. The second-order valence-corrected chi connectivity index (χ2v) is 8.70. The van der Waals surface area contributed by atoms with E-state index in [-0.39, 0.29) is 12.2 Å². The predicted molar refractivity (Wildman–Crippen MR) is 119 cm³/mol. The van der Waals surface area contributed by atoms with Crippen molar-refractivity contribution in [2.24, 2.45) is 5.92 Å². The highest BCUT2D eigenvalue weighted by Crippen LogP contribution is 2.37. The molecule has 158 valence electrons. The fourth-order valence-electron chi connectivity index (χ4n) is 3.95. The van der Waals surface area contributed by atoms with Crippen LogP contribution in [0.4, 0.5) is 0 Å². The van der Waals surface area contributed by atoms with Gasteiger partial charge in [-0.05, 0) is 56.0 Å². The van der Waals surface area contributed by atoms with E-state index in [4.69, 9.17) is 4.74 Å². The van der Waals surface area contributed by atoms with Crippen molar-refractivity contribution < 1.29 is 19.4 Å². The molecule has 4 aromatic rings. The molecule has 8 heteroatoms. The van der Waals surface area contributed by atoms with Crippen LogP contribution in [0.3, 0.4) is 0 Å². The molecule has 0 atom stereocenters. The van der Waals surface area contributed by atoms with Gasteiger partial charge in [-0.3, -0.25) is 0 Å². The van der Waals surface area contributed by atoms with Crippen molar-refractivity contribution in [1.29, 1.82) is 0 Å². The van der Waals surface area contributed by atoms with Crippen molar-refractivity contribution in [3.05, 3.63) is 58.2 Å². The second kappa shape index (κ2) is 7.53. The third-order valence-corrected chi connectivity index (χ3v) is 6.09. The molecule has 7 nitrogen and oxygen atoms in total. The molecule has 1 aliphatic rings. The van der Waals surface area contributed by atoms with E-state index in [0.29, 0.717) is 22.7 Å². The number of esters is 1. The highest BCUT2D eigenvalue weighted by molar-refractivity contribution is 9.10. The molecule has 0 spiro atoms. The Labute approximate surface area is 186 Å². The molecular formula is C23H20BrN3O4. The van der Waals surface area contributed by atoms with Crippen LogP contribution in [0.2, 0.25) is 0 Å². The number of fused-ring (bicyclic) bond motifs is 2. The van der Waals surface area contributed by atoms with Crippen molar-refractivity contribution >= 4 is 44.3 Å². The lowest BCUT2D eigenvalue weighted by atomic mass is 10.1. The third kappa shape index (κ3) is 3.50. The van der Waals surface area contributed by atoms with Crippen LogP contribution in [-0.4, -0.2) is 37.8 Å². The Bertz CT molecular complexity index is 1350. The summed E-state index contributed by atoms with van der Waals surface area (Å²) in [6, 6.07) is 11.2. The summed E-state index contributed by atoms with van der Waals surface area (Å²) in [5, 5.41) is 15.7. The van der Waals surface area contributed by atoms with E-state index < -0.39 is 11.9 Å². The van der Waals surface area contributed by atoms with Crippen molar-refractivity contribution in [1.82, 2.24) is 14.2 Å². The largest absolute Gasteiger partial charge is 0.478 e. The topological polar surface area (TPSA) is 85.8 Å². The quantitative estimate of drug-likeness (QED) is 0.391. The highest BCUT2D eigenvalue weighted by atomic mass is 79.9. The van der Waals surface area contributed by atoms with Gasteiger partial charge in [-0.2, -0.15) is 5.10 Å². The van der Waals surface area contributed by atoms with E-state index in [0.717, 1.165) is 27.6 Å². The molecule has 5 rings (SSSR count). The molecule has 0 unspecified atom stereocenters. The lowest BCUT2D eigenvalue weighted by molar-refractivity contribution is 0.0525. The maximum Gasteiger partial charge on any atom is 0.340 e. The van der Waals surface area contributed by atoms with Crippen molar-refractivity contribution in [2.75, 3.05) is 6.61 Å². The highest BCUT2D eigenvalue weighted by Gasteiger charge is 2.28. The van der Waals surface area contributed by atoms with E-state index in [1.54, 1.807) is 19.1 Å². The normalized spacial score (nSPS) is 13.7. The molecule has 3 aromatic heterocycles. The van der Waals surface area contributed by atoms with Gasteiger partial charge in [-0.15, -0.1) is 0 Å². The zero-order chi connectivity index (χ0) is 21.7. The minimum absolute atomic E-state index is 0.120. The summed E-state index contributed by atoms with van der Waals surface area (Å²) in [7, 11) is 0. The minimum Gasteiger partial charge on any atom is -0.478 e. The average molecular weight is 482 g/mol. The smallest absolute Gasteiger partial charge is 0.340 e. The van der Waals surface area contributed by atoms with Gasteiger partial charge in [0.25, 0.3) is 0 Å². The van der Waals surface area contributed by atoms with Crippen molar-refractivity contribution in [2.45, 2.75) is 26.3 Å².